The first-order valence-electron chi connectivity index (χ1n) is 9.04. The molecule has 0 atom stereocenters. The summed E-state index contributed by atoms with van der Waals surface area (Å²) >= 11 is 0. The van der Waals surface area contributed by atoms with E-state index in [4.69, 9.17) is 4.74 Å². The number of carbonyl (C=O) groups excluding carboxylic acids is 1. The quantitative estimate of drug-likeness (QED) is 0.537. The molecule has 4 nitrogen and oxygen atoms in total. The van der Waals surface area contributed by atoms with Crippen molar-refractivity contribution in [1.82, 2.24) is 10.6 Å². The fraction of sp³-hybridized carbons (Fsp3) is 0.550. The molecule has 24 heavy (non-hydrogen) atoms. The summed E-state index contributed by atoms with van der Waals surface area (Å²) in [4.78, 5) is 11.9. The van der Waals surface area contributed by atoms with Gasteiger partial charge in [0.1, 0.15) is 5.75 Å². The van der Waals surface area contributed by atoms with Crippen LogP contribution in [0.2, 0.25) is 0 Å². The molecular weight excluding hydrogens is 300 g/mol. The minimum Gasteiger partial charge on any atom is -0.491 e. The molecule has 0 heterocycles. The lowest BCUT2D eigenvalue weighted by Gasteiger charge is -2.13. The summed E-state index contributed by atoms with van der Waals surface area (Å²) < 4.78 is 5.61. The molecule has 1 aliphatic carbocycles. The molecule has 0 aromatic heterocycles. The van der Waals surface area contributed by atoms with Crippen LogP contribution >= 0.6 is 0 Å². The van der Waals surface area contributed by atoms with Crippen molar-refractivity contribution in [1.29, 1.82) is 0 Å². The predicted octanol–water partition coefficient (Wildman–Crippen LogP) is 3.57. The highest BCUT2D eigenvalue weighted by Crippen LogP contribution is 2.19. The first kappa shape index (κ1) is 18.5. The van der Waals surface area contributed by atoms with Crippen molar-refractivity contribution in [2.75, 3.05) is 13.1 Å². The van der Waals surface area contributed by atoms with Crippen LogP contribution in [-0.4, -0.2) is 25.1 Å². The molecule has 0 spiro atoms. The average molecular weight is 330 g/mol. The molecule has 0 saturated carbocycles. The molecule has 2 rings (SSSR count). The fourth-order valence-electron chi connectivity index (χ4n) is 2.80. The monoisotopic (exact) mass is 330 g/mol. The summed E-state index contributed by atoms with van der Waals surface area (Å²) in [7, 11) is 0. The van der Waals surface area contributed by atoms with Crippen LogP contribution in [0.25, 0.3) is 0 Å². The minimum absolute atomic E-state index is 0.0372. The van der Waals surface area contributed by atoms with Gasteiger partial charge in [-0.15, -0.1) is 0 Å². The van der Waals surface area contributed by atoms with Gasteiger partial charge < -0.3 is 15.4 Å². The number of benzene rings is 1. The third kappa shape index (κ3) is 7.18. The van der Waals surface area contributed by atoms with Crippen molar-refractivity contribution in [3.63, 3.8) is 0 Å². The standard InChI is InChI=1S/C20H30N2O2/c1-16(2)24-19-10-8-18(9-11-19)14-22-20(23)15-21-13-12-17-6-4-3-5-7-17/h6,8-11,16,21H,3-5,7,12-15H2,1-2H3,(H,22,23). The third-order valence-corrected chi connectivity index (χ3v) is 4.08. The van der Waals surface area contributed by atoms with Gasteiger partial charge in [0.05, 0.1) is 12.6 Å². The lowest BCUT2D eigenvalue weighted by atomic mass is 9.97. The zero-order valence-electron chi connectivity index (χ0n) is 14.9. The number of hydrogen-bond donors (Lipinski definition) is 2. The molecule has 0 unspecified atom stereocenters. The third-order valence-electron chi connectivity index (χ3n) is 4.08. The maximum atomic E-state index is 11.9. The Bertz CT molecular complexity index is 535. The van der Waals surface area contributed by atoms with Gasteiger partial charge in [0.25, 0.3) is 0 Å². The Hall–Kier alpha value is -1.81. The fourth-order valence-corrected chi connectivity index (χ4v) is 2.80. The Morgan fingerprint density at radius 1 is 1.21 bits per heavy atom. The molecule has 1 aliphatic rings. The van der Waals surface area contributed by atoms with E-state index >= 15 is 0 Å². The molecule has 1 aromatic carbocycles. The Balaban J connectivity index is 1.59. The molecular formula is C20H30N2O2. The molecule has 2 N–H and O–H groups in total. The topological polar surface area (TPSA) is 50.4 Å². The van der Waals surface area contributed by atoms with Crippen molar-refractivity contribution >= 4 is 5.91 Å². The van der Waals surface area contributed by atoms with Crippen LogP contribution < -0.4 is 15.4 Å². The van der Waals surface area contributed by atoms with Crippen LogP contribution in [0.4, 0.5) is 0 Å². The van der Waals surface area contributed by atoms with E-state index in [0.717, 1.165) is 24.3 Å². The number of carbonyl (C=O) groups is 1. The van der Waals surface area contributed by atoms with E-state index in [1.165, 1.54) is 31.3 Å². The van der Waals surface area contributed by atoms with E-state index in [0.29, 0.717) is 13.1 Å². The second-order valence-corrected chi connectivity index (χ2v) is 6.62. The maximum absolute atomic E-state index is 11.9. The summed E-state index contributed by atoms with van der Waals surface area (Å²) in [6.45, 7) is 5.81. The average Bonchev–Trinajstić information content (AvgIpc) is 2.58. The molecule has 0 aliphatic heterocycles. The summed E-state index contributed by atoms with van der Waals surface area (Å²) in [6, 6.07) is 7.86. The number of allylic oxidation sites excluding steroid dienone is 1. The van der Waals surface area contributed by atoms with Crippen LogP contribution in [0.3, 0.4) is 0 Å². The van der Waals surface area contributed by atoms with Gasteiger partial charge in [-0.2, -0.15) is 0 Å². The minimum atomic E-state index is 0.0372. The van der Waals surface area contributed by atoms with Gasteiger partial charge in [-0.3, -0.25) is 4.79 Å². The molecule has 0 saturated heterocycles. The normalized spacial score (nSPS) is 14.4. The van der Waals surface area contributed by atoms with Crippen LogP contribution in [-0.2, 0) is 11.3 Å². The Morgan fingerprint density at radius 2 is 2.00 bits per heavy atom. The lowest BCUT2D eigenvalue weighted by Crippen LogP contribution is -2.34. The van der Waals surface area contributed by atoms with Crippen LogP contribution in [0, 0.1) is 0 Å². The zero-order valence-corrected chi connectivity index (χ0v) is 14.9. The van der Waals surface area contributed by atoms with Gasteiger partial charge >= 0.3 is 0 Å². The van der Waals surface area contributed by atoms with E-state index in [2.05, 4.69) is 16.7 Å². The second-order valence-electron chi connectivity index (χ2n) is 6.62. The SMILES string of the molecule is CC(C)Oc1ccc(CNC(=O)CNCCC2=CCCCC2)cc1. The Morgan fingerprint density at radius 3 is 2.67 bits per heavy atom. The van der Waals surface area contributed by atoms with Crippen molar-refractivity contribution < 1.29 is 9.53 Å². The Labute approximate surface area is 145 Å². The highest BCUT2D eigenvalue weighted by molar-refractivity contribution is 5.77. The molecule has 0 bridgehead atoms. The summed E-state index contributed by atoms with van der Waals surface area (Å²) in [5.74, 6) is 0.897. The highest BCUT2D eigenvalue weighted by Gasteiger charge is 2.05. The van der Waals surface area contributed by atoms with Crippen molar-refractivity contribution in [2.24, 2.45) is 0 Å². The summed E-state index contributed by atoms with van der Waals surface area (Å²) in [5.41, 5.74) is 2.62. The van der Waals surface area contributed by atoms with Crippen LogP contribution in [0.1, 0.15) is 51.5 Å². The van der Waals surface area contributed by atoms with Crippen molar-refractivity contribution in [2.45, 2.75) is 58.6 Å². The zero-order chi connectivity index (χ0) is 17.2. The predicted molar refractivity (Wildman–Crippen MR) is 98.1 cm³/mol. The van der Waals surface area contributed by atoms with Crippen molar-refractivity contribution in [3.05, 3.63) is 41.5 Å². The van der Waals surface area contributed by atoms with Gasteiger partial charge in [-0.25, -0.2) is 0 Å². The molecule has 0 radical (unpaired) electrons. The smallest absolute Gasteiger partial charge is 0.234 e. The lowest BCUT2D eigenvalue weighted by molar-refractivity contribution is -0.120. The number of rotatable bonds is 9. The van der Waals surface area contributed by atoms with Crippen molar-refractivity contribution in [3.8, 4) is 5.75 Å². The van der Waals surface area contributed by atoms with E-state index < -0.39 is 0 Å². The summed E-state index contributed by atoms with van der Waals surface area (Å²) in [6.07, 6.45) is 8.67. The van der Waals surface area contributed by atoms with E-state index in [-0.39, 0.29) is 12.0 Å². The van der Waals surface area contributed by atoms with Crippen LogP contribution in [0.5, 0.6) is 5.75 Å². The maximum Gasteiger partial charge on any atom is 0.234 e. The van der Waals surface area contributed by atoms with E-state index in [1.54, 1.807) is 0 Å². The molecule has 1 amide bonds. The number of amides is 1. The van der Waals surface area contributed by atoms with Gasteiger partial charge in [0, 0.05) is 6.54 Å². The van der Waals surface area contributed by atoms with Gasteiger partial charge in [0.15, 0.2) is 0 Å². The van der Waals surface area contributed by atoms with E-state index in [1.807, 2.05) is 38.1 Å². The number of nitrogens with one attached hydrogen (secondary N) is 2. The summed E-state index contributed by atoms with van der Waals surface area (Å²) in [5, 5.41) is 6.17. The van der Waals surface area contributed by atoms with Gasteiger partial charge in [-0.1, -0.05) is 23.8 Å². The first-order chi connectivity index (χ1) is 11.6. The van der Waals surface area contributed by atoms with E-state index in [9.17, 15) is 4.79 Å². The molecule has 0 fully saturated rings. The number of hydrogen-bond acceptors (Lipinski definition) is 3. The molecule has 4 heteroatoms. The van der Waals surface area contributed by atoms with Gasteiger partial charge in [0.2, 0.25) is 5.91 Å². The molecule has 1 aromatic rings. The highest BCUT2D eigenvalue weighted by atomic mass is 16.5. The Kier molecular flexibility index (Phi) is 7.83. The van der Waals surface area contributed by atoms with Gasteiger partial charge in [-0.05, 0) is 70.2 Å². The number of ether oxygens (including phenoxy) is 1. The van der Waals surface area contributed by atoms with Crippen LogP contribution in [0.15, 0.2) is 35.9 Å². The molecule has 132 valence electrons. The second kappa shape index (κ2) is 10.1. The first-order valence-corrected chi connectivity index (χ1v) is 9.04. The largest absolute Gasteiger partial charge is 0.491 e.